The van der Waals surface area contributed by atoms with Crippen molar-refractivity contribution in [3.63, 3.8) is 0 Å². The highest BCUT2D eigenvalue weighted by molar-refractivity contribution is 7.85. The maximum absolute atomic E-state index is 12.3. The summed E-state index contributed by atoms with van der Waals surface area (Å²) in [5, 5.41) is 0. The molecule has 0 saturated carbocycles. The Kier molecular flexibility index (Phi) is 7.45. The van der Waals surface area contributed by atoms with Gasteiger partial charge in [0.25, 0.3) is 0 Å². The van der Waals surface area contributed by atoms with Gasteiger partial charge in [-0.05, 0) is 46.1 Å². The Balaban J connectivity index is 2.83. The molecule has 0 N–H and O–H groups in total. The summed E-state index contributed by atoms with van der Waals surface area (Å²) in [6.07, 6.45) is 1.58. The number of rotatable bonds is 7. The van der Waals surface area contributed by atoms with Crippen molar-refractivity contribution in [2.75, 3.05) is 6.61 Å². The van der Waals surface area contributed by atoms with Crippen molar-refractivity contribution < 1.29 is 13.7 Å². The third-order valence-electron chi connectivity index (χ3n) is 2.92. The van der Waals surface area contributed by atoms with E-state index in [0.29, 0.717) is 25.9 Å². The van der Waals surface area contributed by atoms with Crippen molar-refractivity contribution in [1.29, 1.82) is 0 Å². The standard InChI is InChI=1S/C17H25NO3S/c1-5-21-16(19)13-9-12-15(14-10-7-6-8-11-14)18-22(20)17(2,3)4/h6-8,10-11H,5,9,12-13H2,1-4H3/b18-15-. The van der Waals surface area contributed by atoms with E-state index in [2.05, 4.69) is 4.40 Å². The van der Waals surface area contributed by atoms with Gasteiger partial charge in [0.1, 0.15) is 11.0 Å². The summed E-state index contributed by atoms with van der Waals surface area (Å²) in [7, 11) is -1.31. The molecule has 0 heterocycles. The first-order valence-corrected chi connectivity index (χ1v) is 8.66. The Labute approximate surface area is 135 Å². The van der Waals surface area contributed by atoms with Crippen molar-refractivity contribution in [3.8, 4) is 0 Å². The van der Waals surface area contributed by atoms with Gasteiger partial charge in [0.05, 0.1) is 17.1 Å². The second-order valence-electron chi connectivity index (χ2n) is 5.92. The third kappa shape index (κ3) is 6.52. The summed E-state index contributed by atoms with van der Waals surface area (Å²) in [5.74, 6) is -0.202. The van der Waals surface area contributed by atoms with Crippen molar-refractivity contribution in [3.05, 3.63) is 35.9 Å². The van der Waals surface area contributed by atoms with Gasteiger partial charge in [-0.2, -0.15) is 4.40 Å². The highest BCUT2D eigenvalue weighted by Gasteiger charge is 2.20. The molecule has 0 amide bonds. The SMILES string of the molecule is CCOC(=O)CCC/C(=N/S(=O)C(C)(C)C)c1ccccc1. The number of nitrogens with zero attached hydrogens (tertiary/aromatic N) is 1. The lowest BCUT2D eigenvalue weighted by atomic mass is 10.1. The fourth-order valence-electron chi connectivity index (χ4n) is 1.74. The molecule has 0 aliphatic heterocycles. The van der Waals surface area contributed by atoms with Crippen LogP contribution in [0.3, 0.4) is 0 Å². The van der Waals surface area contributed by atoms with Gasteiger partial charge < -0.3 is 4.74 Å². The van der Waals surface area contributed by atoms with Crippen LogP contribution in [0.1, 0.15) is 52.5 Å². The molecule has 122 valence electrons. The minimum Gasteiger partial charge on any atom is -0.466 e. The number of benzene rings is 1. The smallest absolute Gasteiger partial charge is 0.305 e. The average Bonchev–Trinajstić information content (AvgIpc) is 2.46. The first kappa shape index (κ1) is 18.6. The molecule has 1 aromatic carbocycles. The van der Waals surface area contributed by atoms with Crippen LogP contribution >= 0.6 is 0 Å². The number of esters is 1. The lowest BCUT2D eigenvalue weighted by Gasteiger charge is -2.15. The Morgan fingerprint density at radius 1 is 1.18 bits per heavy atom. The molecule has 1 unspecified atom stereocenters. The van der Waals surface area contributed by atoms with Gasteiger partial charge >= 0.3 is 5.97 Å². The quantitative estimate of drug-likeness (QED) is 0.568. The number of hydrogen-bond acceptors (Lipinski definition) is 3. The van der Waals surface area contributed by atoms with E-state index in [1.165, 1.54) is 0 Å². The summed E-state index contributed by atoms with van der Waals surface area (Å²) in [6, 6.07) is 9.68. The van der Waals surface area contributed by atoms with Crippen molar-refractivity contribution in [2.45, 2.75) is 51.7 Å². The molecule has 0 spiro atoms. The lowest BCUT2D eigenvalue weighted by molar-refractivity contribution is -0.143. The van der Waals surface area contributed by atoms with E-state index in [1.807, 2.05) is 51.1 Å². The zero-order valence-electron chi connectivity index (χ0n) is 13.8. The summed E-state index contributed by atoms with van der Waals surface area (Å²) >= 11 is 0. The van der Waals surface area contributed by atoms with E-state index >= 15 is 0 Å². The van der Waals surface area contributed by atoms with Gasteiger partial charge in [-0.15, -0.1) is 0 Å². The van der Waals surface area contributed by atoms with E-state index in [4.69, 9.17) is 4.74 Å². The first-order chi connectivity index (χ1) is 10.3. The Hall–Kier alpha value is -1.49. The summed E-state index contributed by atoms with van der Waals surface area (Å²) in [5.41, 5.74) is 1.72. The number of carbonyl (C=O) groups is 1. The van der Waals surface area contributed by atoms with Crippen LogP contribution in [0.4, 0.5) is 0 Å². The zero-order valence-corrected chi connectivity index (χ0v) is 14.6. The maximum atomic E-state index is 12.3. The van der Waals surface area contributed by atoms with Crippen LogP contribution in [-0.4, -0.2) is 27.2 Å². The van der Waals surface area contributed by atoms with Gasteiger partial charge in [0.15, 0.2) is 0 Å². The van der Waals surface area contributed by atoms with E-state index < -0.39 is 15.7 Å². The Morgan fingerprint density at radius 2 is 1.82 bits per heavy atom. The van der Waals surface area contributed by atoms with Gasteiger partial charge in [-0.3, -0.25) is 4.79 Å². The third-order valence-corrected chi connectivity index (χ3v) is 4.36. The largest absolute Gasteiger partial charge is 0.466 e. The molecule has 0 bridgehead atoms. The van der Waals surface area contributed by atoms with Gasteiger partial charge in [-0.25, -0.2) is 4.21 Å². The maximum Gasteiger partial charge on any atom is 0.305 e. The topological polar surface area (TPSA) is 55.7 Å². The van der Waals surface area contributed by atoms with Crippen LogP contribution in [-0.2, 0) is 20.5 Å². The van der Waals surface area contributed by atoms with E-state index in [1.54, 1.807) is 6.92 Å². The molecule has 0 fully saturated rings. The van der Waals surface area contributed by atoms with Gasteiger partial charge in [0, 0.05) is 6.42 Å². The Bertz CT molecular complexity index is 533. The molecule has 22 heavy (non-hydrogen) atoms. The predicted molar refractivity (Wildman–Crippen MR) is 91.4 cm³/mol. The highest BCUT2D eigenvalue weighted by Crippen LogP contribution is 2.16. The van der Waals surface area contributed by atoms with E-state index in [9.17, 15) is 9.00 Å². The molecule has 0 aliphatic rings. The molecule has 0 radical (unpaired) electrons. The average molecular weight is 323 g/mol. The van der Waals surface area contributed by atoms with Crippen LogP contribution < -0.4 is 0 Å². The Morgan fingerprint density at radius 3 is 2.36 bits per heavy atom. The second kappa shape index (κ2) is 8.83. The summed E-state index contributed by atoms with van der Waals surface area (Å²) in [6.45, 7) is 7.88. The summed E-state index contributed by atoms with van der Waals surface area (Å²) in [4.78, 5) is 11.4. The molecule has 0 saturated heterocycles. The molecule has 1 rings (SSSR count). The molecular formula is C17H25NO3S. The van der Waals surface area contributed by atoms with Crippen LogP contribution in [0.25, 0.3) is 0 Å². The fourth-order valence-corrected chi connectivity index (χ4v) is 2.41. The number of ether oxygens (including phenoxy) is 1. The molecule has 1 atom stereocenters. The molecule has 0 aromatic heterocycles. The van der Waals surface area contributed by atoms with Crippen molar-refractivity contribution in [2.24, 2.45) is 4.40 Å². The monoisotopic (exact) mass is 323 g/mol. The highest BCUT2D eigenvalue weighted by atomic mass is 32.2. The van der Waals surface area contributed by atoms with Crippen LogP contribution in [0.5, 0.6) is 0 Å². The molecular weight excluding hydrogens is 298 g/mol. The normalized spacial score (nSPS) is 13.7. The minimum absolute atomic E-state index is 0.202. The van der Waals surface area contributed by atoms with E-state index in [0.717, 1.165) is 11.3 Å². The van der Waals surface area contributed by atoms with Crippen molar-refractivity contribution in [1.82, 2.24) is 0 Å². The number of hydrogen-bond donors (Lipinski definition) is 0. The van der Waals surface area contributed by atoms with E-state index in [-0.39, 0.29) is 5.97 Å². The minimum atomic E-state index is -1.31. The van der Waals surface area contributed by atoms with Gasteiger partial charge in [0.2, 0.25) is 0 Å². The fraction of sp³-hybridized carbons (Fsp3) is 0.529. The lowest BCUT2D eigenvalue weighted by Crippen LogP contribution is -2.21. The van der Waals surface area contributed by atoms with Gasteiger partial charge in [-0.1, -0.05) is 30.3 Å². The van der Waals surface area contributed by atoms with Crippen LogP contribution in [0.2, 0.25) is 0 Å². The zero-order chi connectivity index (χ0) is 16.6. The molecule has 5 heteroatoms. The molecule has 1 aromatic rings. The van der Waals surface area contributed by atoms with Crippen LogP contribution in [0.15, 0.2) is 34.7 Å². The molecule has 4 nitrogen and oxygen atoms in total. The number of carbonyl (C=O) groups excluding carboxylic acids is 1. The predicted octanol–water partition coefficient (Wildman–Crippen LogP) is 3.67. The van der Waals surface area contributed by atoms with Crippen LogP contribution in [0, 0.1) is 0 Å². The molecule has 0 aliphatic carbocycles. The van der Waals surface area contributed by atoms with Crippen molar-refractivity contribution >= 4 is 22.7 Å². The second-order valence-corrected chi connectivity index (χ2v) is 7.83. The summed E-state index contributed by atoms with van der Waals surface area (Å²) < 4.78 is 21.2. The first-order valence-electron chi connectivity index (χ1n) is 7.55.